The Morgan fingerprint density at radius 2 is 2.00 bits per heavy atom. The van der Waals surface area contributed by atoms with Gasteiger partial charge in [-0.25, -0.2) is 0 Å². The molecule has 1 rings (SSSR count). The van der Waals surface area contributed by atoms with Gasteiger partial charge < -0.3 is 10.8 Å². The fourth-order valence-electron chi connectivity index (χ4n) is 2.03. The van der Waals surface area contributed by atoms with Crippen molar-refractivity contribution in [1.82, 2.24) is 0 Å². The lowest BCUT2D eigenvalue weighted by Crippen LogP contribution is -2.49. The molecule has 1 saturated carbocycles. The van der Waals surface area contributed by atoms with Crippen molar-refractivity contribution in [2.75, 3.05) is 6.61 Å². The van der Waals surface area contributed by atoms with Crippen molar-refractivity contribution in [3.05, 3.63) is 0 Å². The van der Waals surface area contributed by atoms with Crippen LogP contribution in [0.2, 0.25) is 0 Å². The second-order valence-corrected chi connectivity index (χ2v) is 3.73. The highest BCUT2D eigenvalue weighted by Crippen LogP contribution is 2.34. The molecule has 11 heavy (non-hydrogen) atoms. The molecule has 0 aromatic rings. The van der Waals surface area contributed by atoms with Crippen LogP contribution >= 0.6 is 0 Å². The van der Waals surface area contributed by atoms with Gasteiger partial charge >= 0.3 is 0 Å². The normalized spacial score (nSPS) is 25.4. The average molecular weight is 157 g/mol. The van der Waals surface area contributed by atoms with E-state index in [2.05, 4.69) is 6.92 Å². The fourth-order valence-corrected chi connectivity index (χ4v) is 2.03. The zero-order chi connectivity index (χ0) is 8.32. The van der Waals surface area contributed by atoms with E-state index in [1.54, 1.807) is 0 Å². The van der Waals surface area contributed by atoms with Gasteiger partial charge in [0, 0.05) is 5.54 Å². The summed E-state index contributed by atoms with van der Waals surface area (Å²) in [5.74, 6) is 0.567. The van der Waals surface area contributed by atoms with Gasteiger partial charge in [-0.2, -0.15) is 0 Å². The van der Waals surface area contributed by atoms with Crippen LogP contribution in [0.1, 0.15) is 39.0 Å². The van der Waals surface area contributed by atoms with Crippen molar-refractivity contribution in [3.8, 4) is 0 Å². The minimum atomic E-state index is -0.281. The molecule has 1 atom stereocenters. The van der Waals surface area contributed by atoms with Gasteiger partial charge in [0.25, 0.3) is 0 Å². The molecule has 0 radical (unpaired) electrons. The Balaban J connectivity index is 2.52. The predicted octanol–water partition coefficient (Wildman–Crippen LogP) is 1.28. The Morgan fingerprint density at radius 3 is 2.36 bits per heavy atom. The van der Waals surface area contributed by atoms with E-state index in [4.69, 9.17) is 10.8 Å². The smallest absolute Gasteiger partial charge is 0.0613 e. The SMILES string of the molecule is CCC(N)(CO)C1CCCC1. The van der Waals surface area contributed by atoms with Crippen LogP contribution in [-0.4, -0.2) is 17.3 Å². The second kappa shape index (κ2) is 3.55. The van der Waals surface area contributed by atoms with Gasteiger partial charge in [0.05, 0.1) is 6.61 Å². The van der Waals surface area contributed by atoms with E-state index < -0.39 is 0 Å². The molecule has 0 saturated heterocycles. The Bertz CT molecular complexity index is 115. The number of hydrogen-bond donors (Lipinski definition) is 2. The van der Waals surface area contributed by atoms with Crippen LogP contribution in [-0.2, 0) is 0 Å². The summed E-state index contributed by atoms with van der Waals surface area (Å²) in [6.45, 7) is 2.21. The molecule has 2 nitrogen and oxygen atoms in total. The Labute approximate surface area is 68.8 Å². The summed E-state index contributed by atoms with van der Waals surface area (Å²) in [6.07, 6.45) is 5.91. The van der Waals surface area contributed by atoms with Crippen LogP contribution in [0.25, 0.3) is 0 Å². The molecule has 1 fully saturated rings. The molecule has 0 aromatic heterocycles. The van der Waals surface area contributed by atoms with E-state index >= 15 is 0 Å². The van der Waals surface area contributed by atoms with Crippen LogP contribution < -0.4 is 5.73 Å². The standard InChI is InChI=1S/C9H19NO/c1-2-9(10,7-11)8-5-3-4-6-8/h8,11H,2-7,10H2,1H3. The first-order valence-corrected chi connectivity index (χ1v) is 4.62. The van der Waals surface area contributed by atoms with E-state index in [1.807, 2.05) is 0 Å². The maximum atomic E-state index is 9.12. The van der Waals surface area contributed by atoms with Crippen LogP contribution in [0, 0.1) is 5.92 Å². The van der Waals surface area contributed by atoms with Gasteiger partial charge in [0.1, 0.15) is 0 Å². The van der Waals surface area contributed by atoms with Crippen LogP contribution in [0.15, 0.2) is 0 Å². The van der Waals surface area contributed by atoms with Crippen molar-refractivity contribution in [1.29, 1.82) is 0 Å². The highest BCUT2D eigenvalue weighted by atomic mass is 16.3. The highest BCUT2D eigenvalue weighted by Gasteiger charge is 2.34. The summed E-state index contributed by atoms with van der Waals surface area (Å²) in [6, 6.07) is 0. The summed E-state index contributed by atoms with van der Waals surface area (Å²) in [4.78, 5) is 0. The lowest BCUT2D eigenvalue weighted by molar-refractivity contribution is 0.137. The number of aliphatic hydroxyl groups excluding tert-OH is 1. The molecule has 0 aromatic carbocycles. The molecular weight excluding hydrogens is 138 g/mol. The number of aliphatic hydroxyl groups is 1. The zero-order valence-corrected chi connectivity index (χ0v) is 7.34. The molecule has 0 bridgehead atoms. The molecule has 3 N–H and O–H groups in total. The quantitative estimate of drug-likeness (QED) is 0.648. The van der Waals surface area contributed by atoms with Gasteiger partial charge in [-0.05, 0) is 25.2 Å². The Hall–Kier alpha value is -0.0800. The Morgan fingerprint density at radius 1 is 1.45 bits per heavy atom. The highest BCUT2D eigenvalue weighted by molar-refractivity contribution is 4.91. The first-order chi connectivity index (χ1) is 5.23. The molecule has 1 aliphatic rings. The number of rotatable bonds is 3. The second-order valence-electron chi connectivity index (χ2n) is 3.73. The molecule has 1 aliphatic carbocycles. The Kier molecular flexibility index (Phi) is 2.90. The predicted molar refractivity (Wildman–Crippen MR) is 46.3 cm³/mol. The van der Waals surface area contributed by atoms with Crippen molar-refractivity contribution >= 4 is 0 Å². The summed E-state index contributed by atoms with van der Waals surface area (Å²) >= 11 is 0. The van der Waals surface area contributed by atoms with Gasteiger partial charge in [0.2, 0.25) is 0 Å². The lowest BCUT2D eigenvalue weighted by atomic mass is 9.82. The molecule has 1 unspecified atom stereocenters. The summed E-state index contributed by atoms with van der Waals surface area (Å²) in [7, 11) is 0. The summed E-state index contributed by atoms with van der Waals surface area (Å²) in [5.41, 5.74) is 5.77. The average Bonchev–Trinajstić information content (AvgIpc) is 2.55. The van der Waals surface area contributed by atoms with Gasteiger partial charge in [-0.3, -0.25) is 0 Å². The monoisotopic (exact) mass is 157 g/mol. The summed E-state index contributed by atoms with van der Waals surface area (Å²) in [5, 5.41) is 9.12. The molecule has 66 valence electrons. The zero-order valence-electron chi connectivity index (χ0n) is 7.34. The van der Waals surface area contributed by atoms with Gasteiger partial charge in [-0.1, -0.05) is 19.8 Å². The third kappa shape index (κ3) is 1.74. The molecule has 0 aliphatic heterocycles. The van der Waals surface area contributed by atoms with Gasteiger partial charge in [-0.15, -0.1) is 0 Å². The molecule has 0 heterocycles. The molecule has 0 amide bonds. The van der Waals surface area contributed by atoms with E-state index in [-0.39, 0.29) is 12.1 Å². The number of nitrogens with two attached hydrogens (primary N) is 1. The molecule has 0 spiro atoms. The van der Waals surface area contributed by atoms with E-state index in [9.17, 15) is 0 Å². The van der Waals surface area contributed by atoms with Gasteiger partial charge in [0.15, 0.2) is 0 Å². The maximum absolute atomic E-state index is 9.12. The minimum Gasteiger partial charge on any atom is -0.394 e. The van der Waals surface area contributed by atoms with Crippen molar-refractivity contribution < 1.29 is 5.11 Å². The van der Waals surface area contributed by atoms with E-state index in [0.717, 1.165) is 6.42 Å². The largest absolute Gasteiger partial charge is 0.394 e. The minimum absolute atomic E-state index is 0.147. The third-order valence-electron chi connectivity index (χ3n) is 3.12. The van der Waals surface area contributed by atoms with E-state index in [0.29, 0.717) is 5.92 Å². The van der Waals surface area contributed by atoms with Crippen LogP contribution in [0.3, 0.4) is 0 Å². The van der Waals surface area contributed by atoms with E-state index in [1.165, 1.54) is 25.7 Å². The topological polar surface area (TPSA) is 46.2 Å². The lowest BCUT2D eigenvalue weighted by Gasteiger charge is -2.32. The van der Waals surface area contributed by atoms with Crippen molar-refractivity contribution in [3.63, 3.8) is 0 Å². The first kappa shape index (κ1) is 9.01. The first-order valence-electron chi connectivity index (χ1n) is 4.62. The molecular formula is C9H19NO. The van der Waals surface area contributed by atoms with Crippen LogP contribution in [0.4, 0.5) is 0 Å². The van der Waals surface area contributed by atoms with Crippen molar-refractivity contribution in [2.24, 2.45) is 11.7 Å². The third-order valence-corrected chi connectivity index (χ3v) is 3.12. The maximum Gasteiger partial charge on any atom is 0.0613 e. The summed E-state index contributed by atoms with van der Waals surface area (Å²) < 4.78 is 0. The fraction of sp³-hybridized carbons (Fsp3) is 1.00. The molecule has 2 heteroatoms. The van der Waals surface area contributed by atoms with Crippen molar-refractivity contribution in [2.45, 2.75) is 44.6 Å². The number of hydrogen-bond acceptors (Lipinski definition) is 2. The van der Waals surface area contributed by atoms with Crippen LogP contribution in [0.5, 0.6) is 0 Å².